The Hall–Kier alpha value is -1.58. The van der Waals surface area contributed by atoms with Crippen molar-refractivity contribution in [3.8, 4) is 5.75 Å². The van der Waals surface area contributed by atoms with Crippen LogP contribution in [0.15, 0.2) is 24.3 Å². The van der Waals surface area contributed by atoms with Crippen LogP contribution in [0.25, 0.3) is 0 Å². The molecule has 0 aliphatic heterocycles. The van der Waals surface area contributed by atoms with Gasteiger partial charge in [0.05, 0.1) is 0 Å². The Balaban J connectivity index is 2.69. The zero-order valence-electron chi connectivity index (χ0n) is 6.25. The van der Waals surface area contributed by atoms with E-state index in [1.165, 1.54) is 12.1 Å². The number of anilines is 1. The molecule has 1 aromatic rings. The molecule has 0 saturated carbocycles. The standard InChI is InChI=1S/C8H8FNO2/c9-5-8(12)10-6-2-1-3-7(11)4-6/h1-4,11H,5H2,(H,10,12). The van der Waals surface area contributed by atoms with Crippen molar-refractivity contribution in [1.29, 1.82) is 0 Å². The van der Waals surface area contributed by atoms with Gasteiger partial charge in [0.25, 0.3) is 5.91 Å². The molecule has 2 N–H and O–H groups in total. The van der Waals surface area contributed by atoms with Gasteiger partial charge in [-0.15, -0.1) is 0 Å². The van der Waals surface area contributed by atoms with Crippen LogP contribution >= 0.6 is 0 Å². The van der Waals surface area contributed by atoms with Crippen molar-refractivity contribution in [2.75, 3.05) is 12.0 Å². The van der Waals surface area contributed by atoms with Crippen LogP contribution in [-0.2, 0) is 4.79 Å². The Morgan fingerprint density at radius 2 is 2.33 bits per heavy atom. The summed E-state index contributed by atoms with van der Waals surface area (Å²) in [6, 6.07) is 5.93. The lowest BCUT2D eigenvalue weighted by atomic mass is 10.3. The Morgan fingerprint density at radius 1 is 1.58 bits per heavy atom. The summed E-state index contributed by atoms with van der Waals surface area (Å²) in [7, 11) is 0. The summed E-state index contributed by atoms with van der Waals surface area (Å²) in [5, 5.41) is 11.2. The van der Waals surface area contributed by atoms with E-state index in [1.54, 1.807) is 12.1 Å². The number of hydrogen-bond donors (Lipinski definition) is 2. The van der Waals surface area contributed by atoms with E-state index in [4.69, 9.17) is 5.11 Å². The Labute approximate surface area is 68.8 Å². The maximum atomic E-state index is 11.7. The average Bonchev–Trinajstić information content (AvgIpc) is 2.04. The van der Waals surface area contributed by atoms with Gasteiger partial charge in [0, 0.05) is 11.8 Å². The van der Waals surface area contributed by atoms with Crippen molar-refractivity contribution in [1.82, 2.24) is 0 Å². The number of hydrogen-bond acceptors (Lipinski definition) is 2. The predicted octanol–water partition coefficient (Wildman–Crippen LogP) is 1.30. The second-order valence-corrected chi connectivity index (χ2v) is 2.23. The number of phenolic OH excluding ortho intramolecular Hbond substituents is 1. The molecule has 1 aromatic carbocycles. The molecule has 0 saturated heterocycles. The van der Waals surface area contributed by atoms with E-state index in [0.29, 0.717) is 5.69 Å². The largest absolute Gasteiger partial charge is 0.508 e. The number of aromatic hydroxyl groups is 1. The molecular weight excluding hydrogens is 161 g/mol. The van der Waals surface area contributed by atoms with Gasteiger partial charge in [0.1, 0.15) is 5.75 Å². The molecule has 0 aliphatic carbocycles. The number of amides is 1. The molecule has 64 valence electrons. The minimum absolute atomic E-state index is 0.0339. The summed E-state index contributed by atoms with van der Waals surface area (Å²) in [6.45, 7) is -1.06. The first kappa shape index (κ1) is 8.52. The number of nitrogens with one attached hydrogen (secondary N) is 1. The van der Waals surface area contributed by atoms with Gasteiger partial charge in [-0.2, -0.15) is 0 Å². The Kier molecular flexibility index (Phi) is 2.63. The van der Waals surface area contributed by atoms with E-state index in [-0.39, 0.29) is 5.75 Å². The minimum Gasteiger partial charge on any atom is -0.508 e. The molecule has 4 heteroatoms. The van der Waals surface area contributed by atoms with E-state index in [1.807, 2.05) is 0 Å². The number of halogens is 1. The topological polar surface area (TPSA) is 49.3 Å². The first-order valence-corrected chi connectivity index (χ1v) is 3.37. The molecular formula is C8H8FNO2. The van der Waals surface area contributed by atoms with Gasteiger partial charge in [-0.3, -0.25) is 4.79 Å². The maximum absolute atomic E-state index is 11.7. The fourth-order valence-electron chi connectivity index (χ4n) is 0.778. The quantitative estimate of drug-likeness (QED) is 0.701. The molecule has 0 heterocycles. The van der Waals surface area contributed by atoms with E-state index in [0.717, 1.165) is 0 Å². The number of carbonyl (C=O) groups excluding carboxylic acids is 1. The first-order chi connectivity index (χ1) is 5.72. The third kappa shape index (κ3) is 2.23. The lowest BCUT2D eigenvalue weighted by Crippen LogP contribution is -2.12. The highest BCUT2D eigenvalue weighted by Crippen LogP contribution is 2.14. The van der Waals surface area contributed by atoms with Crippen LogP contribution < -0.4 is 5.32 Å². The van der Waals surface area contributed by atoms with Gasteiger partial charge in [0.15, 0.2) is 6.67 Å². The van der Waals surface area contributed by atoms with Crippen LogP contribution in [-0.4, -0.2) is 17.7 Å². The smallest absolute Gasteiger partial charge is 0.255 e. The van der Waals surface area contributed by atoms with E-state index < -0.39 is 12.6 Å². The molecule has 0 bridgehead atoms. The van der Waals surface area contributed by atoms with Crippen LogP contribution in [0.2, 0.25) is 0 Å². The highest BCUT2D eigenvalue weighted by Gasteiger charge is 2.00. The van der Waals surface area contributed by atoms with E-state index in [2.05, 4.69) is 5.32 Å². The zero-order valence-corrected chi connectivity index (χ0v) is 6.25. The molecule has 1 rings (SSSR count). The van der Waals surface area contributed by atoms with Gasteiger partial charge in [-0.1, -0.05) is 6.07 Å². The molecule has 0 unspecified atom stereocenters. The second kappa shape index (κ2) is 3.71. The van der Waals surface area contributed by atoms with Crippen molar-refractivity contribution < 1.29 is 14.3 Å². The van der Waals surface area contributed by atoms with Gasteiger partial charge in [-0.05, 0) is 12.1 Å². The SMILES string of the molecule is O=C(CF)Nc1cccc(O)c1. The van der Waals surface area contributed by atoms with Crippen LogP contribution in [0.3, 0.4) is 0 Å². The Morgan fingerprint density at radius 3 is 2.92 bits per heavy atom. The highest BCUT2D eigenvalue weighted by molar-refractivity contribution is 5.91. The van der Waals surface area contributed by atoms with Crippen LogP contribution in [0.4, 0.5) is 10.1 Å². The summed E-state index contributed by atoms with van der Waals surface area (Å²) in [6.07, 6.45) is 0. The zero-order chi connectivity index (χ0) is 8.97. The number of benzene rings is 1. The fourth-order valence-corrected chi connectivity index (χ4v) is 0.778. The van der Waals surface area contributed by atoms with Gasteiger partial charge >= 0.3 is 0 Å². The summed E-state index contributed by atoms with van der Waals surface area (Å²) in [5.74, 6) is -0.688. The van der Waals surface area contributed by atoms with Gasteiger partial charge < -0.3 is 10.4 Å². The van der Waals surface area contributed by atoms with Crippen LogP contribution in [0.5, 0.6) is 5.75 Å². The lowest BCUT2D eigenvalue weighted by molar-refractivity contribution is -0.117. The molecule has 0 aliphatic rings. The monoisotopic (exact) mass is 169 g/mol. The summed E-state index contributed by atoms with van der Waals surface area (Å²) in [4.78, 5) is 10.5. The molecule has 0 aromatic heterocycles. The van der Waals surface area contributed by atoms with Crippen molar-refractivity contribution >= 4 is 11.6 Å². The summed E-state index contributed by atoms with van der Waals surface area (Å²) >= 11 is 0. The summed E-state index contributed by atoms with van der Waals surface area (Å²) in [5.41, 5.74) is 0.387. The van der Waals surface area contributed by atoms with E-state index >= 15 is 0 Å². The molecule has 3 nitrogen and oxygen atoms in total. The fraction of sp³-hybridized carbons (Fsp3) is 0.125. The predicted molar refractivity (Wildman–Crippen MR) is 42.7 cm³/mol. The van der Waals surface area contributed by atoms with E-state index in [9.17, 15) is 9.18 Å². The van der Waals surface area contributed by atoms with Crippen LogP contribution in [0.1, 0.15) is 0 Å². The van der Waals surface area contributed by atoms with Gasteiger partial charge in [-0.25, -0.2) is 4.39 Å². The van der Waals surface area contributed by atoms with Crippen molar-refractivity contribution in [3.05, 3.63) is 24.3 Å². The molecule has 0 atom stereocenters. The first-order valence-electron chi connectivity index (χ1n) is 3.37. The lowest BCUT2D eigenvalue weighted by Gasteiger charge is -2.01. The Bertz CT molecular complexity index is 288. The maximum Gasteiger partial charge on any atom is 0.255 e. The third-order valence-electron chi connectivity index (χ3n) is 1.25. The van der Waals surface area contributed by atoms with Crippen molar-refractivity contribution in [2.24, 2.45) is 0 Å². The normalized spacial score (nSPS) is 9.42. The third-order valence-corrected chi connectivity index (χ3v) is 1.25. The van der Waals surface area contributed by atoms with Crippen molar-refractivity contribution in [2.45, 2.75) is 0 Å². The molecule has 1 amide bonds. The number of alkyl halides is 1. The molecule has 0 radical (unpaired) electrons. The minimum atomic E-state index is -1.06. The molecule has 0 spiro atoms. The second-order valence-electron chi connectivity index (χ2n) is 2.23. The van der Waals surface area contributed by atoms with Gasteiger partial charge in [0.2, 0.25) is 0 Å². The number of rotatable bonds is 2. The average molecular weight is 169 g/mol. The molecule has 12 heavy (non-hydrogen) atoms. The molecule has 0 fully saturated rings. The number of carbonyl (C=O) groups is 1. The van der Waals surface area contributed by atoms with Crippen LogP contribution in [0, 0.1) is 0 Å². The number of phenols is 1. The van der Waals surface area contributed by atoms with Crippen molar-refractivity contribution in [3.63, 3.8) is 0 Å². The highest BCUT2D eigenvalue weighted by atomic mass is 19.1. The summed E-state index contributed by atoms with van der Waals surface area (Å²) < 4.78 is 11.7.